The number of likely N-dealkylation sites (N-methyl/N-ethyl adjacent to an activating group) is 1. The Hall–Kier alpha value is -3.11. The molecule has 7 heteroatoms. The molecular formula is C26H29ClN4O2. The van der Waals surface area contributed by atoms with E-state index in [0.29, 0.717) is 28.5 Å². The fraction of sp³-hybridized carbons (Fsp3) is 0.308. The summed E-state index contributed by atoms with van der Waals surface area (Å²) in [5, 5.41) is 15.3. The summed E-state index contributed by atoms with van der Waals surface area (Å²) in [6, 6.07) is 10.8. The van der Waals surface area contributed by atoms with Gasteiger partial charge in [-0.05, 0) is 55.9 Å². The van der Waals surface area contributed by atoms with Crippen LogP contribution in [0.1, 0.15) is 40.9 Å². The molecule has 0 aliphatic rings. The first kappa shape index (κ1) is 24.5. The third-order valence-corrected chi connectivity index (χ3v) is 5.79. The van der Waals surface area contributed by atoms with Gasteiger partial charge >= 0.3 is 0 Å². The van der Waals surface area contributed by atoms with Gasteiger partial charge in [0.05, 0.1) is 11.7 Å². The summed E-state index contributed by atoms with van der Waals surface area (Å²) in [5.74, 6) is 6.38. The molecule has 0 bridgehead atoms. The number of aryl methyl sites for hydroxylation is 1. The molecule has 33 heavy (non-hydrogen) atoms. The number of halogens is 1. The van der Waals surface area contributed by atoms with E-state index in [1.807, 2.05) is 39.0 Å². The van der Waals surface area contributed by atoms with E-state index in [-0.39, 0.29) is 12.5 Å². The maximum atomic E-state index is 12.5. The number of nitrogens with two attached hydrogens (primary N) is 1. The number of nitrogens with zero attached hydrogens (tertiary/aromatic N) is 2. The lowest BCUT2D eigenvalue weighted by Crippen LogP contribution is -2.40. The van der Waals surface area contributed by atoms with Crippen molar-refractivity contribution in [2.75, 3.05) is 31.9 Å². The van der Waals surface area contributed by atoms with Crippen molar-refractivity contribution < 1.29 is 9.90 Å². The molecular weight excluding hydrogens is 436 g/mol. The van der Waals surface area contributed by atoms with E-state index in [1.165, 1.54) is 0 Å². The first-order valence-electron chi connectivity index (χ1n) is 11.0. The number of pyridine rings is 1. The van der Waals surface area contributed by atoms with E-state index in [9.17, 15) is 9.90 Å². The van der Waals surface area contributed by atoms with Gasteiger partial charge < -0.3 is 21.1 Å². The monoisotopic (exact) mass is 464 g/mol. The Kier molecular flexibility index (Phi) is 8.29. The molecule has 172 valence electrons. The lowest BCUT2D eigenvalue weighted by molar-refractivity contribution is 0.0869. The number of hydrogen-bond acceptors (Lipinski definition) is 5. The van der Waals surface area contributed by atoms with E-state index in [0.717, 1.165) is 35.0 Å². The summed E-state index contributed by atoms with van der Waals surface area (Å²) < 4.78 is 0. The van der Waals surface area contributed by atoms with Crippen molar-refractivity contribution in [3.05, 3.63) is 69.9 Å². The van der Waals surface area contributed by atoms with Crippen LogP contribution in [-0.2, 0) is 0 Å². The number of aliphatic hydroxyl groups excluding tert-OH is 1. The SMILES string of the molecule is CCN(CC)CC(O)CNC(=O)c1ccc(C#Cc2c(N)ncc3ccc(Cl)cc23)c(C)c1. The number of anilines is 1. The third kappa shape index (κ3) is 6.23. The normalized spacial score (nSPS) is 11.8. The van der Waals surface area contributed by atoms with Crippen molar-refractivity contribution in [3.8, 4) is 11.8 Å². The van der Waals surface area contributed by atoms with Crippen molar-refractivity contribution in [2.45, 2.75) is 26.9 Å². The largest absolute Gasteiger partial charge is 0.390 e. The number of nitrogens with one attached hydrogen (secondary N) is 1. The van der Waals surface area contributed by atoms with E-state index in [2.05, 4.69) is 27.0 Å². The van der Waals surface area contributed by atoms with Gasteiger partial charge in [-0.1, -0.05) is 43.4 Å². The van der Waals surface area contributed by atoms with Gasteiger partial charge in [0.15, 0.2) is 0 Å². The van der Waals surface area contributed by atoms with Crippen molar-refractivity contribution in [2.24, 2.45) is 0 Å². The predicted molar refractivity (Wildman–Crippen MR) is 134 cm³/mol. The van der Waals surface area contributed by atoms with Gasteiger partial charge in [0.2, 0.25) is 0 Å². The lowest BCUT2D eigenvalue weighted by atomic mass is 10.0. The zero-order valence-electron chi connectivity index (χ0n) is 19.2. The minimum atomic E-state index is -0.617. The smallest absolute Gasteiger partial charge is 0.251 e. The average Bonchev–Trinajstić information content (AvgIpc) is 2.81. The molecule has 4 N–H and O–H groups in total. The first-order chi connectivity index (χ1) is 15.8. The molecule has 1 heterocycles. The average molecular weight is 465 g/mol. The summed E-state index contributed by atoms with van der Waals surface area (Å²) in [4.78, 5) is 18.9. The quantitative estimate of drug-likeness (QED) is 0.464. The minimum Gasteiger partial charge on any atom is -0.390 e. The third-order valence-electron chi connectivity index (χ3n) is 5.56. The van der Waals surface area contributed by atoms with Gasteiger partial charge in [-0.3, -0.25) is 4.79 Å². The summed E-state index contributed by atoms with van der Waals surface area (Å²) in [5.41, 5.74) is 8.87. The van der Waals surface area contributed by atoms with E-state index in [1.54, 1.807) is 24.4 Å². The second kappa shape index (κ2) is 11.2. The van der Waals surface area contributed by atoms with Gasteiger partial charge in [-0.25, -0.2) is 4.98 Å². The van der Waals surface area contributed by atoms with Crippen LogP contribution in [0.5, 0.6) is 0 Å². The fourth-order valence-electron chi connectivity index (χ4n) is 3.56. The van der Waals surface area contributed by atoms with E-state index >= 15 is 0 Å². The maximum absolute atomic E-state index is 12.5. The highest BCUT2D eigenvalue weighted by Gasteiger charge is 2.12. The molecule has 3 rings (SSSR count). The first-order valence-corrected chi connectivity index (χ1v) is 11.3. The van der Waals surface area contributed by atoms with E-state index in [4.69, 9.17) is 17.3 Å². The molecule has 0 radical (unpaired) electrons. The van der Waals surface area contributed by atoms with Crippen LogP contribution in [0, 0.1) is 18.8 Å². The van der Waals surface area contributed by atoms with Gasteiger partial charge in [0.25, 0.3) is 5.91 Å². The molecule has 0 saturated heterocycles. The number of rotatable bonds is 7. The van der Waals surface area contributed by atoms with Crippen LogP contribution in [0.4, 0.5) is 5.82 Å². The Morgan fingerprint density at radius 1 is 1.21 bits per heavy atom. The zero-order valence-corrected chi connectivity index (χ0v) is 19.9. The number of fused-ring (bicyclic) bond motifs is 1. The fourth-order valence-corrected chi connectivity index (χ4v) is 3.73. The second-order valence-electron chi connectivity index (χ2n) is 7.88. The second-order valence-corrected chi connectivity index (χ2v) is 8.32. The van der Waals surface area contributed by atoms with Crippen molar-refractivity contribution >= 4 is 34.1 Å². The molecule has 0 aliphatic carbocycles. The zero-order chi connectivity index (χ0) is 24.0. The number of carbonyl (C=O) groups excluding carboxylic acids is 1. The van der Waals surface area contributed by atoms with Crippen LogP contribution in [0.3, 0.4) is 0 Å². The van der Waals surface area contributed by atoms with Crippen LogP contribution >= 0.6 is 11.6 Å². The van der Waals surface area contributed by atoms with Crippen LogP contribution in [0.15, 0.2) is 42.6 Å². The number of nitrogen functional groups attached to an aromatic ring is 1. The number of aliphatic hydroxyl groups is 1. The van der Waals surface area contributed by atoms with Crippen LogP contribution in [0.25, 0.3) is 10.8 Å². The maximum Gasteiger partial charge on any atom is 0.251 e. The van der Waals surface area contributed by atoms with Gasteiger partial charge in [0, 0.05) is 46.2 Å². The van der Waals surface area contributed by atoms with Crippen molar-refractivity contribution in [1.82, 2.24) is 15.2 Å². The molecule has 6 nitrogen and oxygen atoms in total. The Bertz CT molecular complexity index is 1210. The molecule has 1 aromatic heterocycles. The van der Waals surface area contributed by atoms with Crippen LogP contribution in [0.2, 0.25) is 5.02 Å². The highest BCUT2D eigenvalue weighted by atomic mass is 35.5. The van der Waals surface area contributed by atoms with Crippen LogP contribution in [-0.4, -0.2) is 53.2 Å². The Balaban J connectivity index is 1.75. The lowest BCUT2D eigenvalue weighted by Gasteiger charge is -2.22. The van der Waals surface area contributed by atoms with E-state index < -0.39 is 6.10 Å². The Morgan fingerprint density at radius 2 is 1.97 bits per heavy atom. The molecule has 1 atom stereocenters. The molecule has 0 fully saturated rings. The number of aromatic nitrogens is 1. The molecule has 0 aliphatic heterocycles. The molecule has 3 aromatic rings. The van der Waals surface area contributed by atoms with Crippen molar-refractivity contribution in [3.63, 3.8) is 0 Å². The molecule has 1 unspecified atom stereocenters. The number of hydrogen-bond donors (Lipinski definition) is 3. The highest BCUT2D eigenvalue weighted by molar-refractivity contribution is 6.31. The Morgan fingerprint density at radius 3 is 2.67 bits per heavy atom. The molecule has 0 saturated carbocycles. The summed E-state index contributed by atoms with van der Waals surface area (Å²) in [6.45, 7) is 8.43. The number of carbonyl (C=O) groups is 1. The van der Waals surface area contributed by atoms with Gasteiger partial charge in [-0.15, -0.1) is 0 Å². The number of benzene rings is 2. The minimum absolute atomic E-state index is 0.200. The predicted octanol–water partition coefficient (Wildman–Crippen LogP) is 3.61. The highest BCUT2D eigenvalue weighted by Crippen LogP contribution is 2.25. The van der Waals surface area contributed by atoms with Crippen LogP contribution < -0.4 is 11.1 Å². The summed E-state index contributed by atoms with van der Waals surface area (Å²) in [6.07, 6.45) is 1.08. The molecule has 2 aromatic carbocycles. The molecule has 0 spiro atoms. The summed E-state index contributed by atoms with van der Waals surface area (Å²) in [7, 11) is 0. The number of amides is 1. The Labute approximate surface area is 199 Å². The van der Waals surface area contributed by atoms with Crippen molar-refractivity contribution in [1.29, 1.82) is 0 Å². The molecule has 1 amide bonds. The van der Waals surface area contributed by atoms with Gasteiger partial charge in [-0.2, -0.15) is 0 Å². The van der Waals surface area contributed by atoms with Gasteiger partial charge in [0.1, 0.15) is 5.82 Å². The standard InChI is InChI=1S/C26H29ClN4O2/c1-4-31(5-2)16-22(32)15-30-26(33)19-7-6-18(17(3)12-19)9-11-23-24-13-21(27)10-8-20(24)14-29-25(23)28/h6-8,10,12-14,22,32H,4-5,15-16H2,1-3H3,(H2,28,29)(H,30,33). The topological polar surface area (TPSA) is 91.5 Å². The summed E-state index contributed by atoms with van der Waals surface area (Å²) >= 11 is 6.15.